The van der Waals surface area contributed by atoms with Gasteiger partial charge in [-0.3, -0.25) is 4.98 Å². The summed E-state index contributed by atoms with van der Waals surface area (Å²) >= 11 is 3.38. The van der Waals surface area contributed by atoms with Crippen molar-refractivity contribution in [1.29, 1.82) is 0 Å². The fraction of sp³-hybridized carbons (Fsp3) is 0.214. The molecule has 0 radical (unpaired) electrons. The lowest BCUT2D eigenvalue weighted by Crippen LogP contribution is -2.24. The summed E-state index contributed by atoms with van der Waals surface area (Å²) in [5.41, 5.74) is 8.18. The Morgan fingerprint density at radius 1 is 1.22 bits per heavy atom. The molecule has 0 bridgehead atoms. The molecule has 0 fully saturated rings. The number of hydrogen-bond donors (Lipinski definition) is 1. The van der Waals surface area contributed by atoms with Crippen molar-refractivity contribution in [3.8, 4) is 5.75 Å². The lowest BCUT2D eigenvalue weighted by atomic mass is 9.96. The van der Waals surface area contributed by atoms with Crippen molar-refractivity contribution >= 4 is 15.9 Å². The topological polar surface area (TPSA) is 48.1 Å². The number of pyridine rings is 1. The van der Waals surface area contributed by atoms with Crippen LogP contribution in [-0.2, 0) is 0 Å². The van der Waals surface area contributed by atoms with Crippen LogP contribution in [0.15, 0.2) is 47.1 Å². The zero-order valence-corrected chi connectivity index (χ0v) is 11.3. The number of aromatic nitrogens is 1. The van der Waals surface area contributed by atoms with Crippen molar-refractivity contribution in [1.82, 2.24) is 4.98 Å². The van der Waals surface area contributed by atoms with Gasteiger partial charge in [0, 0.05) is 28.7 Å². The summed E-state index contributed by atoms with van der Waals surface area (Å²) in [5, 5.41) is 0. The third-order valence-corrected chi connectivity index (χ3v) is 3.60. The van der Waals surface area contributed by atoms with Gasteiger partial charge in [-0.25, -0.2) is 0 Å². The van der Waals surface area contributed by atoms with Gasteiger partial charge in [0.15, 0.2) is 0 Å². The third kappa shape index (κ3) is 2.13. The molecule has 0 saturated heterocycles. The number of nitrogens with zero attached hydrogens (tertiary/aromatic N) is 1. The van der Waals surface area contributed by atoms with Crippen molar-refractivity contribution in [2.24, 2.45) is 5.73 Å². The number of halogens is 1. The van der Waals surface area contributed by atoms with E-state index in [2.05, 4.69) is 20.9 Å². The van der Waals surface area contributed by atoms with Crippen LogP contribution in [0.4, 0.5) is 0 Å². The van der Waals surface area contributed by atoms with Crippen LogP contribution in [0, 0.1) is 0 Å². The molecule has 1 unspecified atom stereocenters. The molecule has 1 aliphatic heterocycles. The van der Waals surface area contributed by atoms with Gasteiger partial charge in [-0.05, 0) is 34.1 Å². The van der Waals surface area contributed by atoms with Crippen molar-refractivity contribution in [3.63, 3.8) is 0 Å². The van der Waals surface area contributed by atoms with Crippen molar-refractivity contribution in [3.05, 3.63) is 58.3 Å². The number of ether oxygens (including phenoxy) is 1. The molecule has 2 heterocycles. The van der Waals surface area contributed by atoms with E-state index in [1.165, 1.54) is 0 Å². The standard InChI is InChI=1S/C14H13BrN2O/c15-9-5-6-12(17-8-9)14-7-11(16)10-3-1-2-4-13(10)18-14/h1-6,8,11,14H,7,16H2/t11-,14?/m1/s1. The minimum Gasteiger partial charge on any atom is -0.484 e. The summed E-state index contributed by atoms with van der Waals surface area (Å²) in [7, 11) is 0. The van der Waals surface area contributed by atoms with Gasteiger partial charge in [0.05, 0.1) is 5.69 Å². The average molecular weight is 305 g/mol. The molecule has 0 aliphatic carbocycles. The number of para-hydroxylation sites is 1. The SMILES string of the molecule is N[C@@H]1CC(c2ccc(Br)cn2)Oc2ccccc21. The van der Waals surface area contributed by atoms with Crippen molar-refractivity contribution in [2.75, 3.05) is 0 Å². The van der Waals surface area contributed by atoms with Crippen LogP contribution in [0.25, 0.3) is 0 Å². The Balaban J connectivity index is 1.92. The van der Waals surface area contributed by atoms with Gasteiger partial charge in [-0.15, -0.1) is 0 Å². The van der Waals surface area contributed by atoms with E-state index in [4.69, 9.17) is 10.5 Å². The first-order valence-corrected chi connectivity index (χ1v) is 6.66. The first kappa shape index (κ1) is 11.7. The number of nitrogens with two attached hydrogens (primary N) is 1. The Labute approximate surface area is 114 Å². The van der Waals surface area contributed by atoms with Crippen LogP contribution in [0.3, 0.4) is 0 Å². The minimum atomic E-state index is -0.0667. The zero-order chi connectivity index (χ0) is 12.5. The molecular weight excluding hydrogens is 292 g/mol. The van der Waals surface area contributed by atoms with E-state index in [-0.39, 0.29) is 12.1 Å². The van der Waals surface area contributed by atoms with Crippen LogP contribution in [0.1, 0.15) is 29.8 Å². The summed E-state index contributed by atoms with van der Waals surface area (Å²) in [6.07, 6.45) is 2.47. The average Bonchev–Trinajstić information content (AvgIpc) is 2.39. The van der Waals surface area contributed by atoms with E-state index < -0.39 is 0 Å². The maximum absolute atomic E-state index is 6.19. The molecule has 4 heteroatoms. The summed E-state index contributed by atoms with van der Waals surface area (Å²) < 4.78 is 6.94. The molecule has 0 saturated carbocycles. The number of rotatable bonds is 1. The maximum Gasteiger partial charge on any atom is 0.142 e. The third-order valence-electron chi connectivity index (χ3n) is 3.14. The largest absolute Gasteiger partial charge is 0.484 e. The van der Waals surface area contributed by atoms with E-state index in [0.717, 1.165) is 27.9 Å². The Morgan fingerprint density at radius 2 is 2.06 bits per heavy atom. The summed E-state index contributed by atoms with van der Waals surface area (Å²) in [6.45, 7) is 0. The number of fused-ring (bicyclic) bond motifs is 1. The van der Waals surface area contributed by atoms with Gasteiger partial charge in [0.2, 0.25) is 0 Å². The zero-order valence-electron chi connectivity index (χ0n) is 9.71. The van der Waals surface area contributed by atoms with Crippen LogP contribution in [0.5, 0.6) is 5.75 Å². The maximum atomic E-state index is 6.19. The van der Waals surface area contributed by atoms with Gasteiger partial charge < -0.3 is 10.5 Å². The van der Waals surface area contributed by atoms with Crippen LogP contribution in [-0.4, -0.2) is 4.98 Å². The Morgan fingerprint density at radius 3 is 2.83 bits per heavy atom. The van der Waals surface area contributed by atoms with E-state index in [0.29, 0.717) is 0 Å². The molecule has 3 rings (SSSR count). The quantitative estimate of drug-likeness (QED) is 0.879. The van der Waals surface area contributed by atoms with E-state index in [1.807, 2.05) is 36.4 Å². The van der Waals surface area contributed by atoms with Crippen LogP contribution >= 0.6 is 15.9 Å². The molecule has 0 spiro atoms. The predicted molar refractivity (Wildman–Crippen MR) is 73.3 cm³/mol. The smallest absolute Gasteiger partial charge is 0.142 e. The Hall–Kier alpha value is -1.39. The number of benzene rings is 1. The van der Waals surface area contributed by atoms with Crippen LogP contribution < -0.4 is 10.5 Å². The van der Waals surface area contributed by atoms with Gasteiger partial charge in [0.1, 0.15) is 11.9 Å². The molecule has 92 valence electrons. The first-order chi connectivity index (χ1) is 8.74. The second kappa shape index (κ2) is 4.71. The van der Waals surface area contributed by atoms with Crippen molar-refractivity contribution in [2.45, 2.75) is 18.6 Å². The van der Waals surface area contributed by atoms with E-state index >= 15 is 0 Å². The second-order valence-electron chi connectivity index (χ2n) is 4.39. The molecule has 2 atom stereocenters. The number of hydrogen-bond acceptors (Lipinski definition) is 3. The van der Waals surface area contributed by atoms with Crippen LogP contribution in [0.2, 0.25) is 0 Å². The summed E-state index contributed by atoms with van der Waals surface area (Å²) in [5.74, 6) is 0.867. The first-order valence-electron chi connectivity index (χ1n) is 5.86. The molecule has 0 amide bonds. The molecule has 1 aliphatic rings. The van der Waals surface area contributed by atoms with Gasteiger partial charge in [0.25, 0.3) is 0 Å². The summed E-state index contributed by atoms with van der Waals surface area (Å²) in [6, 6.07) is 11.9. The fourth-order valence-corrected chi connectivity index (χ4v) is 2.45. The molecule has 2 aromatic rings. The van der Waals surface area contributed by atoms with E-state index in [9.17, 15) is 0 Å². The fourth-order valence-electron chi connectivity index (χ4n) is 2.21. The Bertz CT molecular complexity index is 556. The highest BCUT2D eigenvalue weighted by Gasteiger charge is 2.27. The highest BCUT2D eigenvalue weighted by molar-refractivity contribution is 9.10. The highest BCUT2D eigenvalue weighted by Crippen LogP contribution is 2.38. The normalized spacial score (nSPS) is 22.1. The van der Waals surface area contributed by atoms with Crippen molar-refractivity contribution < 1.29 is 4.74 Å². The molecular formula is C14H13BrN2O. The lowest BCUT2D eigenvalue weighted by molar-refractivity contribution is 0.157. The molecule has 3 nitrogen and oxygen atoms in total. The molecule has 18 heavy (non-hydrogen) atoms. The summed E-state index contributed by atoms with van der Waals surface area (Å²) in [4.78, 5) is 4.38. The second-order valence-corrected chi connectivity index (χ2v) is 5.30. The minimum absolute atomic E-state index is 0.00500. The molecule has 1 aromatic carbocycles. The monoisotopic (exact) mass is 304 g/mol. The lowest BCUT2D eigenvalue weighted by Gasteiger charge is -2.29. The van der Waals surface area contributed by atoms with Gasteiger partial charge in [-0.1, -0.05) is 18.2 Å². The molecule has 1 aromatic heterocycles. The molecule has 2 N–H and O–H groups in total. The predicted octanol–water partition coefficient (Wildman–Crippen LogP) is 3.37. The van der Waals surface area contributed by atoms with Gasteiger partial charge in [-0.2, -0.15) is 0 Å². The highest BCUT2D eigenvalue weighted by atomic mass is 79.9. The van der Waals surface area contributed by atoms with Gasteiger partial charge >= 0.3 is 0 Å². The Kier molecular flexibility index (Phi) is 3.06. The van der Waals surface area contributed by atoms with E-state index in [1.54, 1.807) is 6.20 Å².